The summed E-state index contributed by atoms with van der Waals surface area (Å²) in [5, 5.41) is 15.7. The van der Waals surface area contributed by atoms with E-state index in [9.17, 15) is 4.79 Å². The molecule has 3 aromatic rings. The van der Waals surface area contributed by atoms with Crippen molar-refractivity contribution in [3.8, 4) is 23.0 Å². The second-order valence-electron chi connectivity index (χ2n) is 8.81. The first-order valence-electron chi connectivity index (χ1n) is 12.7. The minimum Gasteiger partial charge on any atom is -0.497 e. The Balaban J connectivity index is 1.29. The minimum atomic E-state index is -0.489. The molecule has 40 heavy (non-hydrogen) atoms. The van der Waals surface area contributed by atoms with E-state index in [1.165, 1.54) is 16.8 Å². The molecule has 0 unspecified atom stereocenters. The van der Waals surface area contributed by atoms with Crippen molar-refractivity contribution in [2.24, 2.45) is 10.1 Å². The molecule has 0 aliphatic carbocycles. The van der Waals surface area contributed by atoms with Crippen molar-refractivity contribution in [2.45, 2.75) is 13.8 Å². The molecule has 2 aliphatic heterocycles. The van der Waals surface area contributed by atoms with Gasteiger partial charge in [-0.25, -0.2) is 0 Å². The highest BCUT2D eigenvalue weighted by molar-refractivity contribution is 8.27. The summed E-state index contributed by atoms with van der Waals surface area (Å²) < 4.78 is 22.7. The Morgan fingerprint density at radius 2 is 1.73 bits per heavy atom. The quantitative estimate of drug-likeness (QED) is 0.259. The number of nitrogens with one attached hydrogen (secondary N) is 1. The molecule has 1 N–H and O–H groups in total. The van der Waals surface area contributed by atoms with Gasteiger partial charge in [-0.15, -0.1) is 0 Å². The molecule has 0 saturated heterocycles. The zero-order valence-electron chi connectivity index (χ0n) is 22.3. The molecule has 1 amide bonds. The zero-order chi connectivity index (χ0) is 28.1. The number of aliphatic imine (C=N–C) groups is 1. The lowest BCUT2D eigenvalue weighted by Gasteiger charge is -2.20. The molecule has 0 atom stereocenters. The summed E-state index contributed by atoms with van der Waals surface area (Å²) in [6, 6.07) is 20.6. The van der Waals surface area contributed by atoms with Gasteiger partial charge in [-0.1, -0.05) is 42.0 Å². The van der Waals surface area contributed by atoms with Gasteiger partial charge >= 0.3 is 0 Å². The van der Waals surface area contributed by atoms with Crippen molar-refractivity contribution in [3.05, 3.63) is 89.0 Å². The lowest BCUT2D eigenvalue weighted by molar-refractivity contribution is -0.114. The van der Waals surface area contributed by atoms with Crippen LogP contribution in [0.25, 0.3) is 6.08 Å². The fourth-order valence-electron chi connectivity index (χ4n) is 3.98. The van der Waals surface area contributed by atoms with Gasteiger partial charge in [0.2, 0.25) is 5.17 Å². The number of fused-ring (bicyclic) bond motifs is 1. The van der Waals surface area contributed by atoms with E-state index in [1.807, 2.05) is 56.3 Å². The summed E-state index contributed by atoms with van der Waals surface area (Å²) in [5.41, 5.74) is 2.86. The number of amidine groups is 2. The average Bonchev–Trinajstić information content (AvgIpc) is 3.39. The highest BCUT2D eigenvalue weighted by Gasteiger charge is 2.36. The topological polar surface area (TPSA) is 106 Å². The number of carbonyl (C=O) groups excluding carboxylic acids is 1. The third kappa shape index (κ3) is 6.02. The Morgan fingerprint density at radius 3 is 2.50 bits per heavy atom. The first kappa shape index (κ1) is 27.0. The van der Waals surface area contributed by atoms with Gasteiger partial charge in [0.25, 0.3) is 5.91 Å². The van der Waals surface area contributed by atoms with E-state index < -0.39 is 5.91 Å². The van der Waals surface area contributed by atoms with Crippen molar-refractivity contribution < 1.29 is 23.7 Å². The summed E-state index contributed by atoms with van der Waals surface area (Å²) in [7, 11) is 1.61. The molecule has 10 heteroatoms. The molecule has 3 aromatic carbocycles. The van der Waals surface area contributed by atoms with Gasteiger partial charge in [0.05, 0.1) is 19.3 Å². The van der Waals surface area contributed by atoms with Crippen LogP contribution in [0.4, 0.5) is 0 Å². The van der Waals surface area contributed by atoms with Crippen molar-refractivity contribution in [3.63, 3.8) is 0 Å². The predicted molar refractivity (Wildman–Crippen MR) is 157 cm³/mol. The number of hydrogen-bond acceptors (Lipinski definition) is 8. The first-order chi connectivity index (χ1) is 19.4. The molecule has 0 saturated carbocycles. The van der Waals surface area contributed by atoms with Crippen molar-refractivity contribution >= 4 is 39.8 Å². The predicted octanol–water partition coefficient (Wildman–Crippen LogP) is 5.53. The van der Waals surface area contributed by atoms with E-state index >= 15 is 0 Å². The molecule has 0 spiro atoms. The van der Waals surface area contributed by atoms with Crippen LogP contribution in [0.5, 0.6) is 23.0 Å². The van der Waals surface area contributed by atoms with Crippen LogP contribution in [0, 0.1) is 12.3 Å². The second kappa shape index (κ2) is 12.1. The summed E-state index contributed by atoms with van der Waals surface area (Å²) in [5.74, 6) is 1.96. The maximum Gasteiger partial charge on any atom is 0.283 e. The monoisotopic (exact) mass is 556 g/mol. The highest BCUT2D eigenvalue weighted by atomic mass is 32.2. The van der Waals surface area contributed by atoms with Gasteiger partial charge in [-0.3, -0.25) is 10.2 Å². The standard InChI is InChI=1S/C30H28N4O5S/c1-4-37-26-17-20(10-13-25(26)39-15-14-38-23-7-5-6-22(18-23)36-3)16-24-27(31)34-30(32-28(24)35)40-29(33-34)21-11-8-19(2)9-12-21/h5-13,16-18,31H,4,14-15H2,1-3H3/b24-16+,31-27?. The largest absolute Gasteiger partial charge is 0.497 e. The minimum absolute atomic E-state index is 0.0300. The number of aryl methyl sites for hydroxylation is 1. The van der Waals surface area contributed by atoms with Gasteiger partial charge in [0.1, 0.15) is 29.8 Å². The van der Waals surface area contributed by atoms with E-state index in [0.717, 1.165) is 16.9 Å². The molecule has 0 fully saturated rings. The summed E-state index contributed by atoms with van der Waals surface area (Å²) >= 11 is 1.27. The summed E-state index contributed by atoms with van der Waals surface area (Å²) in [6.45, 7) is 4.95. The van der Waals surface area contributed by atoms with Crippen molar-refractivity contribution in [2.75, 3.05) is 26.9 Å². The molecule has 2 aliphatic rings. The van der Waals surface area contributed by atoms with Crippen LogP contribution in [0.1, 0.15) is 23.6 Å². The van der Waals surface area contributed by atoms with Crippen LogP contribution < -0.4 is 18.9 Å². The SMILES string of the molecule is CCOc1cc(/C=C2\C(=N)N3N=C(c4ccc(C)cc4)SC3=NC2=O)ccc1OCCOc1cccc(OC)c1. The van der Waals surface area contributed by atoms with Crippen molar-refractivity contribution in [1.82, 2.24) is 5.01 Å². The van der Waals surface area contributed by atoms with Gasteiger partial charge in [0, 0.05) is 11.6 Å². The number of benzene rings is 3. The zero-order valence-corrected chi connectivity index (χ0v) is 23.2. The average molecular weight is 557 g/mol. The number of rotatable bonds is 10. The fourth-order valence-corrected chi connectivity index (χ4v) is 4.87. The van der Waals surface area contributed by atoms with E-state index in [0.29, 0.717) is 52.8 Å². The maximum absolute atomic E-state index is 12.9. The Labute approximate surface area is 236 Å². The lowest BCUT2D eigenvalue weighted by atomic mass is 10.1. The Morgan fingerprint density at radius 1 is 0.950 bits per heavy atom. The van der Waals surface area contributed by atoms with Crippen molar-refractivity contribution in [1.29, 1.82) is 5.41 Å². The lowest BCUT2D eigenvalue weighted by Crippen LogP contribution is -2.35. The van der Waals surface area contributed by atoms with Gasteiger partial charge < -0.3 is 18.9 Å². The van der Waals surface area contributed by atoms with Crippen LogP contribution in [0.15, 0.2) is 82.4 Å². The fraction of sp³-hybridized carbons (Fsp3) is 0.200. The molecular weight excluding hydrogens is 528 g/mol. The number of nitrogens with zero attached hydrogens (tertiary/aromatic N) is 3. The van der Waals surface area contributed by atoms with Crippen LogP contribution >= 0.6 is 11.8 Å². The molecular formula is C30H28N4O5S. The van der Waals surface area contributed by atoms with E-state index in [1.54, 1.807) is 37.5 Å². The number of carbonyl (C=O) groups is 1. The van der Waals surface area contributed by atoms with Crippen LogP contribution in [0.3, 0.4) is 0 Å². The number of ether oxygens (including phenoxy) is 4. The third-order valence-corrected chi connectivity index (χ3v) is 6.94. The number of amides is 1. The normalized spacial score (nSPS) is 15.5. The van der Waals surface area contributed by atoms with Gasteiger partial charge in [-0.2, -0.15) is 15.1 Å². The Bertz CT molecular complexity index is 1530. The van der Waals surface area contributed by atoms with Crippen LogP contribution in [0.2, 0.25) is 0 Å². The molecule has 0 radical (unpaired) electrons. The third-order valence-electron chi connectivity index (χ3n) is 5.98. The van der Waals surface area contributed by atoms with Gasteiger partial charge in [0.15, 0.2) is 17.3 Å². The smallest absolute Gasteiger partial charge is 0.283 e. The molecule has 9 nitrogen and oxygen atoms in total. The van der Waals surface area contributed by atoms with Crippen LogP contribution in [-0.4, -0.2) is 53.9 Å². The molecule has 2 heterocycles. The van der Waals surface area contributed by atoms with E-state index in [4.69, 9.17) is 24.4 Å². The Kier molecular flexibility index (Phi) is 8.16. The van der Waals surface area contributed by atoms with E-state index in [-0.39, 0.29) is 11.4 Å². The first-order valence-corrected chi connectivity index (χ1v) is 13.5. The molecule has 0 bridgehead atoms. The summed E-state index contributed by atoms with van der Waals surface area (Å²) in [6.07, 6.45) is 1.62. The van der Waals surface area contributed by atoms with E-state index in [2.05, 4.69) is 10.1 Å². The van der Waals surface area contributed by atoms with Crippen LogP contribution in [-0.2, 0) is 4.79 Å². The number of thioether (sulfide) groups is 1. The maximum atomic E-state index is 12.9. The second-order valence-corrected chi connectivity index (χ2v) is 9.76. The number of hydrazone groups is 1. The Hall–Kier alpha value is -4.57. The molecule has 0 aromatic heterocycles. The number of hydrogen-bond donors (Lipinski definition) is 1. The highest BCUT2D eigenvalue weighted by Crippen LogP contribution is 2.33. The number of methoxy groups -OCH3 is 1. The molecule has 5 rings (SSSR count). The molecule has 204 valence electrons. The summed E-state index contributed by atoms with van der Waals surface area (Å²) in [4.78, 5) is 17.1. The van der Waals surface area contributed by atoms with Gasteiger partial charge in [-0.05, 0) is 61.5 Å².